The van der Waals surface area contributed by atoms with Crippen molar-refractivity contribution in [1.29, 1.82) is 0 Å². The first-order chi connectivity index (χ1) is 8.60. The van der Waals surface area contributed by atoms with Crippen molar-refractivity contribution in [3.63, 3.8) is 0 Å². The first-order valence-electron chi connectivity index (χ1n) is 5.43. The fourth-order valence-corrected chi connectivity index (χ4v) is 2.18. The average Bonchev–Trinajstić information content (AvgIpc) is 2.34. The molecule has 4 heteroatoms. The maximum atomic E-state index is 9.09. The van der Waals surface area contributed by atoms with Crippen LogP contribution in [0, 0.1) is 6.92 Å². The number of benzene rings is 2. The van der Waals surface area contributed by atoms with Crippen molar-refractivity contribution in [3.8, 4) is 11.5 Å². The van der Waals surface area contributed by atoms with Gasteiger partial charge in [-0.25, -0.2) is 0 Å². The van der Waals surface area contributed by atoms with Gasteiger partial charge in [-0.05, 0) is 42.3 Å². The molecule has 2 aromatic carbocycles. The van der Waals surface area contributed by atoms with Gasteiger partial charge in [-0.3, -0.25) is 0 Å². The Kier molecular flexibility index (Phi) is 4.27. The Hall–Kier alpha value is -1.03. The maximum absolute atomic E-state index is 9.09. The van der Waals surface area contributed by atoms with Gasteiger partial charge in [0.25, 0.3) is 0 Å². The minimum atomic E-state index is -0.00292. The highest BCUT2D eigenvalue weighted by Crippen LogP contribution is 2.30. The lowest BCUT2D eigenvalue weighted by atomic mass is 10.2. The van der Waals surface area contributed by atoms with Crippen LogP contribution in [-0.4, -0.2) is 5.11 Å². The highest BCUT2D eigenvalue weighted by Gasteiger charge is 2.05. The molecule has 0 aliphatic rings. The summed E-state index contributed by atoms with van der Waals surface area (Å²) in [6.07, 6.45) is 0. The van der Waals surface area contributed by atoms with Gasteiger partial charge in [0.15, 0.2) is 0 Å². The zero-order valence-electron chi connectivity index (χ0n) is 9.78. The van der Waals surface area contributed by atoms with Crippen LogP contribution < -0.4 is 4.74 Å². The van der Waals surface area contributed by atoms with E-state index in [-0.39, 0.29) is 6.61 Å². The molecule has 0 aromatic heterocycles. The van der Waals surface area contributed by atoms with Crippen LogP contribution in [0.25, 0.3) is 0 Å². The van der Waals surface area contributed by atoms with E-state index in [4.69, 9.17) is 21.4 Å². The van der Waals surface area contributed by atoms with Gasteiger partial charge in [-0.2, -0.15) is 0 Å². The van der Waals surface area contributed by atoms with Crippen molar-refractivity contribution in [3.05, 3.63) is 57.0 Å². The predicted octanol–water partition coefficient (Wildman–Crippen LogP) is 4.70. The summed E-state index contributed by atoms with van der Waals surface area (Å²) in [4.78, 5) is 0. The van der Waals surface area contributed by atoms with E-state index in [0.717, 1.165) is 21.3 Å². The van der Waals surface area contributed by atoms with Gasteiger partial charge in [0.1, 0.15) is 11.5 Å². The molecule has 0 fully saturated rings. The molecule has 0 amide bonds. The van der Waals surface area contributed by atoms with Gasteiger partial charge in [0.2, 0.25) is 0 Å². The van der Waals surface area contributed by atoms with Gasteiger partial charge < -0.3 is 9.84 Å². The van der Waals surface area contributed by atoms with E-state index in [9.17, 15) is 0 Å². The van der Waals surface area contributed by atoms with Gasteiger partial charge in [0.05, 0.1) is 6.61 Å². The van der Waals surface area contributed by atoms with Gasteiger partial charge in [-0.1, -0.05) is 39.7 Å². The van der Waals surface area contributed by atoms with Gasteiger partial charge in [0, 0.05) is 9.50 Å². The predicted molar refractivity (Wildman–Crippen MR) is 76.3 cm³/mol. The number of aliphatic hydroxyl groups excluding tert-OH is 1. The molecule has 2 rings (SSSR count). The van der Waals surface area contributed by atoms with Crippen LogP contribution in [0.15, 0.2) is 40.9 Å². The summed E-state index contributed by atoms with van der Waals surface area (Å²) in [7, 11) is 0. The standard InChI is InChI=1S/C14H12BrClO2/c1-9-2-4-11(16)6-14(9)18-12-5-3-10(8-17)13(15)7-12/h2-7,17H,8H2,1H3. The second kappa shape index (κ2) is 5.74. The van der Waals surface area contributed by atoms with E-state index in [1.165, 1.54) is 0 Å². The Morgan fingerprint density at radius 1 is 1.22 bits per heavy atom. The Morgan fingerprint density at radius 3 is 2.67 bits per heavy atom. The van der Waals surface area contributed by atoms with Crippen molar-refractivity contribution in [2.45, 2.75) is 13.5 Å². The number of rotatable bonds is 3. The average molecular weight is 328 g/mol. The van der Waals surface area contributed by atoms with Crippen LogP contribution in [0.1, 0.15) is 11.1 Å². The zero-order chi connectivity index (χ0) is 13.1. The summed E-state index contributed by atoms with van der Waals surface area (Å²) >= 11 is 9.33. The van der Waals surface area contributed by atoms with Crippen molar-refractivity contribution < 1.29 is 9.84 Å². The molecule has 94 valence electrons. The van der Waals surface area contributed by atoms with Crippen LogP contribution in [-0.2, 0) is 6.61 Å². The first kappa shape index (κ1) is 13.4. The van der Waals surface area contributed by atoms with Gasteiger partial charge >= 0.3 is 0 Å². The third kappa shape index (κ3) is 3.05. The monoisotopic (exact) mass is 326 g/mol. The number of hydrogen-bond donors (Lipinski definition) is 1. The highest BCUT2D eigenvalue weighted by atomic mass is 79.9. The van der Waals surface area contributed by atoms with E-state index in [1.807, 2.05) is 37.3 Å². The molecule has 0 unspecified atom stereocenters. The summed E-state index contributed by atoms with van der Waals surface area (Å²) in [6, 6.07) is 11.0. The van der Waals surface area contributed by atoms with Crippen molar-refractivity contribution in [1.82, 2.24) is 0 Å². The summed E-state index contributed by atoms with van der Waals surface area (Å²) in [5.41, 5.74) is 1.84. The molecule has 0 saturated carbocycles. The molecule has 0 radical (unpaired) electrons. The van der Waals surface area contributed by atoms with E-state index in [1.54, 1.807) is 6.07 Å². The molecule has 0 spiro atoms. The first-order valence-corrected chi connectivity index (χ1v) is 6.60. The van der Waals surface area contributed by atoms with Crippen LogP contribution in [0.2, 0.25) is 5.02 Å². The second-order valence-corrected chi connectivity index (χ2v) is 5.21. The summed E-state index contributed by atoms with van der Waals surface area (Å²) in [6.45, 7) is 1.96. The summed E-state index contributed by atoms with van der Waals surface area (Å²) in [5.74, 6) is 1.43. The van der Waals surface area contributed by atoms with Crippen LogP contribution in [0.5, 0.6) is 11.5 Å². The third-order valence-corrected chi connectivity index (χ3v) is 3.55. The van der Waals surface area contributed by atoms with Crippen molar-refractivity contribution >= 4 is 27.5 Å². The SMILES string of the molecule is Cc1ccc(Cl)cc1Oc1ccc(CO)c(Br)c1. The summed E-state index contributed by atoms with van der Waals surface area (Å²) < 4.78 is 6.60. The fraction of sp³-hybridized carbons (Fsp3) is 0.143. The lowest BCUT2D eigenvalue weighted by Crippen LogP contribution is -1.90. The molecular formula is C14H12BrClO2. The maximum Gasteiger partial charge on any atom is 0.131 e. The van der Waals surface area contributed by atoms with Crippen molar-refractivity contribution in [2.24, 2.45) is 0 Å². The third-order valence-electron chi connectivity index (χ3n) is 2.57. The minimum Gasteiger partial charge on any atom is -0.457 e. The molecule has 0 heterocycles. The van der Waals surface area contributed by atoms with Crippen LogP contribution in [0.4, 0.5) is 0 Å². The Bertz CT molecular complexity index is 570. The van der Waals surface area contributed by atoms with Crippen LogP contribution in [0.3, 0.4) is 0 Å². The van der Waals surface area contributed by atoms with E-state index in [0.29, 0.717) is 10.8 Å². The molecule has 0 aliphatic carbocycles. The quantitative estimate of drug-likeness (QED) is 0.885. The number of hydrogen-bond acceptors (Lipinski definition) is 2. The lowest BCUT2D eigenvalue weighted by molar-refractivity contribution is 0.281. The number of halogens is 2. The Morgan fingerprint density at radius 2 is 2.00 bits per heavy atom. The second-order valence-electron chi connectivity index (χ2n) is 3.92. The number of aliphatic hydroxyl groups is 1. The van der Waals surface area contributed by atoms with E-state index in [2.05, 4.69) is 15.9 Å². The highest BCUT2D eigenvalue weighted by molar-refractivity contribution is 9.10. The molecule has 1 N–H and O–H groups in total. The number of ether oxygens (including phenoxy) is 1. The molecule has 18 heavy (non-hydrogen) atoms. The van der Waals surface area contributed by atoms with E-state index < -0.39 is 0 Å². The molecule has 0 atom stereocenters. The molecule has 2 nitrogen and oxygen atoms in total. The van der Waals surface area contributed by atoms with Crippen LogP contribution >= 0.6 is 27.5 Å². The lowest BCUT2D eigenvalue weighted by Gasteiger charge is -2.10. The summed E-state index contributed by atoms with van der Waals surface area (Å²) in [5, 5.41) is 9.73. The molecule has 0 saturated heterocycles. The molecule has 0 aliphatic heterocycles. The van der Waals surface area contributed by atoms with Crippen molar-refractivity contribution in [2.75, 3.05) is 0 Å². The van der Waals surface area contributed by atoms with Gasteiger partial charge in [-0.15, -0.1) is 0 Å². The molecule has 2 aromatic rings. The van der Waals surface area contributed by atoms with E-state index >= 15 is 0 Å². The smallest absolute Gasteiger partial charge is 0.131 e. The number of aryl methyl sites for hydroxylation is 1. The molecule has 0 bridgehead atoms. The largest absolute Gasteiger partial charge is 0.457 e. The Labute approximate surface area is 119 Å². The fourth-order valence-electron chi connectivity index (χ4n) is 1.53. The molecular weight excluding hydrogens is 316 g/mol. The normalized spacial score (nSPS) is 10.4. The topological polar surface area (TPSA) is 29.5 Å². The minimum absolute atomic E-state index is 0.00292. The zero-order valence-corrected chi connectivity index (χ0v) is 12.1. The Balaban J connectivity index is 2.28.